The molecule has 22 heavy (non-hydrogen) atoms. The Hall–Kier alpha value is -1.40. The Morgan fingerprint density at radius 3 is 2.95 bits per heavy atom. The van der Waals surface area contributed by atoms with Gasteiger partial charge in [0.1, 0.15) is 0 Å². The van der Waals surface area contributed by atoms with Gasteiger partial charge in [-0.05, 0) is 37.1 Å². The number of halogens is 1. The van der Waals surface area contributed by atoms with Crippen LogP contribution in [0, 0.1) is 0 Å². The van der Waals surface area contributed by atoms with Crippen LogP contribution < -0.4 is 10.6 Å². The second-order valence-electron chi connectivity index (χ2n) is 5.45. The number of hydrogen-bond acceptors (Lipinski definition) is 4. The summed E-state index contributed by atoms with van der Waals surface area (Å²) in [6.45, 7) is 0.967. The molecule has 1 fully saturated rings. The molecule has 1 aliphatic heterocycles. The fraction of sp³-hybridized carbons (Fsp3) is 0.500. The normalized spacial score (nSPS) is 18.7. The van der Waals surface area contributed by atoms with Crippen LogP contribution in [0.1, 0.15) is 37.3 Å². The van der Waals surface area contributed by atoms with E-state index in [2.05, 4.69) is 26.6 Å². The standard InChI is InChI=1S/C16H21BrN2O3/c1-22-16(21)10-14(11-4-2-5-12(17)8-11)19-15(20)9-13-6-3-7-18-13/h2,4-5,8,13-14,18H,3,6-7,9-10H2,1H3,(H,19,20). The van der Waals surface area contributed by atoms with Crippen molar-refractivity contribution in [1.29, 1.82) is 0 Å². The highest BCUT2D eigenvalue weighted by molar-refractivity contribution is 9.10. The molecule has 1 aliphatic rings. The van der Waals surface area contributed by atoms with Gasteiger partial charge in [-0.15, -0.1) is 0 Å². The molecule has 2 rings (SSSR count). The summed E-state index contributed by atoms with van der Waals surface area (Å²) < 4.78 is 5.64. The number of esters is 1. The van der Waals surface area contributed by atoms with E-state index in [9.17, 15) is 9.59 Å². The van der Waals surface area contributed by atoms with Gasteiger partial charge in [0.2, 0.25) is 5.91 Å². The second-order valence-corrected chi connectivity index (χ2v) is 6.37. The zero-order chi connectivity index (χ0) is 15.9. The zero-order valence-corrected chi connectivity index (χ0v) is 14.2. The molecule has 2 unspecified atom stereocenters. The average molecular weight is 369 g/mol. The molecule has 0 saturated carbocycles. The molecule has 1 aromatic carbocycles. The van der Waals surface area contributed by atoms with E-state index >= 15 is 0 Å². The lowest BCUT2D eigenvalue weighted by Crippen LogP contribution is -2.35. The van der Waals surface area contributed by atoms with E-state index in [1.807, 2.05) is 24.3 Å². The minimum absolute atomic E-state index is 0.0479. The van der Waals surface area contributed by atoms with Gasteiger partial charge in [0.25, 0.3) is 0 Å². The molecule has 0 aliphatic carbocycles. The Kier molecular flexibility index (Phi) is 6.39. The highest BCUT2D eigenvalue weighted by Crippen LogP contribution is 2.22. The van der Waals surface area contributed by atoms with Gasteiger partial charge in [0.15, 0.2) is 0 Å². The van der Waals surface area contributed by atoms with Crippen molar-refractivity contribution in [2.24, 2.45) is 0 Å². The maximum Gasteiger partial charge on any atom is 0.307 e. The molecular formula is C16H21BrN2O3. The van der Waals surface area contributed by atoms with Crippen molar-refractivity contribution in [2.75, 3.05) is 13.7 Å². The van der Waals surface area contributed by atoms with Crippen LogP contribution in [0.3, 0.4) is 0 Å². The highest BCUT2D eigenvalue weighted by atomic mass is 79.9. The Morgan fingerprint density at radius 1 is 1.50 bits per heavy atom. The molecule has 1 aromatic rings. The Bertz CT molecular complexity index is 530. The molecule has 2 atom stereocenters. The van der Waals surface area contributed by atoms with E-state index in [-0.39, 0.29) is 30.4 Å². The number of rotatable bonds is 6. The summed E-state index contributed by atoms with van der Waals surface area (Å²) in [4.78, 5) is 23.8. The number of methoxy groups -OCH3 is 1. The lowest BCUT2D eigenvalue weighted by molar-refractivity contribution is -0.141. The summed E-state index contributed by atoms with van der Waals surface area (Å²) in [7, 11) is 1.35. The molecule has 6 heteroatoms. The molecule has 2 N–H and O–H groups in total. The Morgan fingerprint density at radius 2 is 2.32 bits per heavy atom. The number of benzene rings is 1. The van der Waals surface area contributed by atoms with Crippen molar-refractivity contribution in [3.05, 3.63) is 34.3 Å². The summed E-state index contributed by atoms with van der Waals surface area (Å²) in [5.41, 5.74) is 0.882. The van der Waals surface area contributed by atoms with E-state index in [1.54, 1.807) is 0 Å². The third-order valence-electron chi connectivity index (χ3n) is 3.78. The molecule has 1 amide bonds. The first kappa shape index (κ1) is 17.0. The van der Waals surface area contributed by atoms with Gasteiger partial charge < -0.3 is 15.4 Å². The first-order valence-corrected chi connectivity index (χ1v) is 8.23. The van der Waals surface area contributed by atoms with Gasteiger partial charge in [-0.3, -0.25) is 9.59 Å². The van der Waals surface area contributed by atoms with Crippen LogP contribution in [0.4, 0.5) is 0 Å². The number of nitrogens with one attached hydrogen (secondary N) is 2. The van der Waals surface area contributed by atoms with Crippen molar-refractivity contribution in [3.8, 4) is 0 Å². The number of amides is 1. The van der Waals surface area contributed by atoms with Crippen LogP contribution in [0.15, 0.2) is 28.7 Å². The van der Waals surface area contributed by atoms with Crippen LogP contribution in [0.5, 0.6) is 0 Å². The molecule has 1 saturated heterocycles. The second kappa shape index (κ2) is 8.29. The maximum absolute atomic E-state index is 12.2. The number of carbonyl (C=O) groups is 2. The van der Waals surface area contributed by atoms with Crippen LogP contribution in [0.2, 0.25) is 0 Å². The molecule has 5 nitrogen and oxygen atoms in total. The van der Waals surface area contributed by atoms with E-state index in [1.165, 1.54) is 7.11 Å². The SMILES string of the molecule is COC(=O)CC(NC(=O)CC1CCCN1)c1cccc(Br)c1. The lowest BCUT2D eigenvalue weighted by atomic mass is 10.0. The van der Waals surface area contributed by atoms with Gasteiger partial charge in [-0.1, -0.05) is 28.1 Å². The topological polar surface area (TPSA) is 67.4 Å². The molecule has 0 aromatic heterocycles. The minimum atomic E-state index is -0.376. The van der Waals surface area contributed by atoms with Gasteiger partial charge in [-0.25, -0.2) is 0 Å². The van der Waals surface area contributed by atoms with Gasteiger partial charge in [-0.2, -0.15) is 0 Å². The summed E-state index contributed by atoms with van der Waals surface area (Å²) in [6, 6.07) is 7.45. The Balaban J connectivity index is 2.03. The van der Waals surface area contributed by atoms with Crippen molar-refractivity contribution >= 4 is 27.8 Å². The maximum atomic E-state index is 12.2. The quantitative estimate of drug-likeness (QED) is 0.756. The van der Waals surface area contributed by atoms with E-state index in [0.717, 1.165) is 29.4 Å². The molecule has 120 valence electrons. The number of carbonyl (C=O) groups excluding carboxylic acids is 2. The molecule has 0 spiro atoms. The highest BCUT2D eigenvalue weighted by Gasteiger charge is 2.22. The van der Waals surface area contributed by atoms with Crippen molar-refractivity contribution in [2.45, 2.75) is 37.8 Å². The average Bonchev–Trinajstić information content (AvgIpc) is 2.99. The molecule has 0 bridgehead atoms. The fourth-order valence-electron chi connectivity index (χ4n) is 2.63. The van der Waals surface area contributed by atoms with E-state index in [4.69, 9.17) is 4.74 Å². The molecule has 1 heterocycles. The third kappa shape index (κ3) is 5.10. The van der Waals surface area contributed by atoms with Crippen LogP contribution in [-0.4, -0.2) is 31.6 Å². The first-order valence-electron chi connectivity index (χ1n) is 7.43. The minimum Gasteiger partial charge on any atom is -0.469 e. The summed E-state index contributed by atoms with van der Waals surface area (Å²) in [5.74, 6) is -0.391. The van der Waals surface area contributed by atoms with Crippen LogP contribution in [0.25, 0.3) is 0 Å². The predicted octanol–water partition coefficient (Wildman–Crippen LogP) is 2.31. The lowest BCUT2D eigenvalue weighted by Gasteiger charge is -2.20. The van der Waals surface area contributed by atoms with Crippen LogP contribution >= 0.6 is 15.9 Å². The van der Waals surface area contributed by atoms with Crippen molar-refractivity contribution in [1.82, 2.24) is 10.6 Å². The number of ether oxygens (including phenoxy) is 1. The number of hydrogen-bond donors (Lipinski definition) is 2. The fourth-order valence-corrected chi connectivity index (χ4v) is 3.05. The van der Waals surface area contributed by atoms with E-state index < -0.39 is 0 Å². The van der Waals surface area contributed by atoms with Gasteiger partial charge >= 0.3 is 5.97 Å². The summed E-state index contributed by atoms with van der Waals surface area (Å²) in [6.07, 6.45) is 2.68. The smallest absolute Gasteiger partial charge is 0.307 e. The van der Waals surface area contributed by atoms with Crippen LogP contribution in [-0.2, 0) is 14.3 Å². The predicted molar refractivity (Wildman–Crippen MR) is 87.3 cm³/mol. The largest absolute Gasteiger partial charge is 0.469 e. The van der Waals surface area contributed by atoms with Crippen molar-refractivity contribution < 1.29 is 14.3 Å². The van der Waals surface area contributed by atoms with E-state index in [0.29, 0.717) is 6.42 Å². The van der Waals surface area contributed by atoms with Gasteiger partial charge in [0, 0.05) is 16.9 Å². The first-order chi connectivity index (χ1) is 10.6. The monoisotopic (exact) mass is 368 g/mol. The third-order valence-corrected chi connectivity index (χ3v) is 4.27. The Labute approximate surface area is 138 Å². The van der Waals surface area contributed by atoms with Crippen molar-refractivity contribution in [3.63, 3.8) is 0 Å². The summed E-state index contributed by atoms with van der Waals surface area (Å²) >= 11 is 3.41. The van der Waals surface area contributed by atoms with Gasteiger partial charge in [0.05, 0.1) is 19.6 Å². The molecular weight excluding hydrogens is 348 g/mol. The molecule has 0 radical (unpaired) electrons. The zero-order valence-electron chi connectivity index (χ0n) is 12.6. The summed E-state index contributed by atoms with van der Waals surface area (Å²) in [5, 5.41) is 6.25.